The molecule has 0 unspecified atom stereocenters. The van der Waals surface area contributed by atoms with E-state index in [4.69, 9.17) is 16.3 Å². The Hall–Kier alpha value is -2.33. The summed E-state index contributed by atoms with van der Waals surface area (Å²) in [7, 11) is 1.78. The van der Waals surface area contributed by atoms with Crippen molar-refractivity contribution in [2.45, 2.75) is 0 Å². The number of aromatic nitrogens is 2. The highest BCUT2D eigenvalue weighted by atomic mass is 35.5. The fraction of sp³-hybridized carbons (Fsp3) is 0.0667. The van der Waals surface area contributed by atoms with Crippen LogP contribution < -0.4 is 10.1 Å². The van der Waals surface area contributed by atoms with E-state index >= 15 is 0 Å². The maximum Gasteiger partial charge on any atom is 0.239 e. The van der Waals surface area contributed by atoms with Gasteiger partial charge in [0.2, 0.25) is 5.88 Å². The standard InChI is InChI=1S/C15H12ClN3O/c1-17-14-8-18-9-15(19-14)20-13-7-6-12(16)10-4-2-3-5-11(10)13/h2-9H,1H3,(H,17,19). The molecule has 0 bridgehead atoms. The molecule has 20 heavy (non-hydrogen) atoms. The van der Waals surface area contributed by atoms with Gasteiger partial charge in [-0.15, -0.1) is 0 Å². The van der Waals surface area contributed by atoms with Crippen molar-refractivity contribution >= 4 is 28.2 Å². The summed E-state index contributed by atoms with van der Waals surface area (Å²) in [6.45, 7) is 0. The molecule has 0 aliphatic carbocycles. The number of hydrogen-bond donors (Lipinski definition) is 1. The average Bonchev–Trinajstić information content (AvgIpc) is 2.51. The SMILES string of the molecule is CNc1cncc(Oc2ccc(Cl)c3ccccc23)n1. The molecule has 2 aromatic carbocycles. The molecule has 5 heteroatoms. The van der Waals surface area contributed by atoms with Crippen LogP contribution in [0.4, 0.5) is 5.82 Å². The van der Waals surface area contributed by atoms with E-state index < -0.39 is 0 Å². The lowest BCUT2D eigenvalue weighted by atomic mass is 10.1. The molecule has 1 heterocycles. The normalized spacial score (nSPS) is 10.5. The summed E-state index contributed by atoms with van der Waals surface area (Å²) < 4.78 is 5.82. The Labute approximate surface area is 121 Å². The van der Waals surface area contributed by atoms with Crippen molar-refractivity contribution < 1.29 is 4.74 Å². The molecule has 1 N–H and O–H groups in total. The third kappa shape index (κ3) is 2.38. The van der Waals surface area contributed by atoms with E-state index in [-0.39, 0.29) is 0 Å². The molecule has 100 valence electrons. The molecule has 0 saturated carbocycles. The first-order valence-corrected chi connectivity index (χ1v) is 6.50. The van der Waals surface area contributed by atoms with Crippen LogP contribution in [0.2, 0.25) is 5.02 Å². The number of nitrogens with one attached hydrogen (secondary N) is 1. The number of nitrogens with zero attached hydrogens (tertiary/aromatic N) is 2. The second-order valence-corrected chi connectivity index (χ2v) is 4.59. The Morgan fingerprint density at radius 2 is 1.85 bits per heavy atom. The van der Waals surface area contributed by atoms with E-state index in [1.54, 1.807) is 19.4 Å². The number of benzene rings is 2. The van der Waals surface area contributed by atoms with Gasteiger partial charge in [-0.25, -0.2) is 0 Å². The fourth-order valence-corrected chi connectivity index (χ4v) is 2.18. The van der Waals surface area contributed by atoms with Crippen molar-refractivity contribution in [3.8, 4) is 11.6 Å². The lowest BCUT2D eigenvalue weighted by Crippen LogP contribution is -1.96. The van der Waals surface area contributed by atoms with Gasteiger partial charge in [0.1, 0.15) is 11.6 Å². The first-order valence-electron chi connectivity index (χ1n) is 6.13. The largest absolute Gasteiger partial charge is 0.437 e. The van der Waals surface area contributed by atoms with Gasteiger partial charge >= 0.3 is 0 Å². The van der Waals surface area contributed by atoms with E-state index in [1.165, 1.54) is 0 Å². The van der Waals surface area contributed by atoms with Gasteiger partial charge in [-0.1, -0.05) is 35.9 Å². The summed E-state index contributed by atoms with van der Waals surface area (Å²) in [5.74, 6) is 1.79. The van der Waals surface area contributed by atoms with E-state index in [0.29, 0.717) is 22.5 Å². The lowest BCUT2D eigenvalue weighted by Gasteiger charge is -2.09. The summed E-state index contributed by atoms with van der Waals surface area (Å²) in [5, 5.41) is 5.51. The lowest BCUT2D eigenvalue weighted by molar-refractivity contribution is 0.466. The summed E-state index contributed by atoms with van der Waals surface area (Å²) in [5.41, 5.74) is 0. The highest BCUT2D eigenvalue weighted by Crippen LogP contribution is 2.33. The zero-order chi connectivity index (χ0) is 13.9. The highest BCUT2D eigenvalue weighted by molar-refractivity contribution is 6.35. The molecule has 0 saturated heterocycles. The Kier molecular flexibility index (Phi) is 3.39. The Morgan fingerprint density at radius 1 is 1.05 bits per heavy atom. The van der Waals surface area contributed by atoms with Crippen LogP contribution in [-0.4, -0.2) is 17.0 Å². The van der Waals surface area contributed by atoms with Crippen LogP contribution in [0.3, 0.4) is 0 Å². The summed E-state index contributed by atoms with van der Waals surface area (Å²) in [6.07, 6.45) is 3.21. The number of anilines is 1. The van der Waals surface area contributed by atoms with E-state index in [9.17, 15) is 0 Å². The van der Waals surface area contributed by atoms with Crippen LogP contribution in [0, 0.1) is 0 Å². The minimum Gasteiger partial charge on any atom is -0.437 e. The molecular weight excluding hydrogens is 274 g/mol. The Bertz CT molecular complexity index is 761. The van der Waals surface area contributed by atoms with Gasteiger partial charge in [0, 0.05) is 22.8 Å². The number of rotatable bonds is 3. The van der Waals surface area contributed by atoms with Crippen molar-refractivity contribution in [2.24, 2.45) is 0 Å². The maximum absolute atomic E-state index is 6.19. The maximum atomic E-state index is 6.19. The third-order valence-electron chi connectivity index (χ3n) is 2.91. The van der Waals surface area contributed by atoms with Gasteiger partial charge < -0.3 is 10.1 Å². The zero-order valence-corrected chi connectivity index (χ0v) is 11.6. The van der Waals surface area contributed by atoms with Crippen LogP contribution in [0.25, 0.3) is 10.8 Å². The van der Waals surface area contributed by atoms with Crippen LogP contribution in [0.5, 0.6) is 11.6 Å². The monoisotopic (exact) mass is 285 g/mol. The molecule has 0 fully saturated rings. The molecule has 4 nitrogen and oxygen atoms in total. The van der Waals surface area contributed by atoms with Gasteiger partial charge in [0.25, 0.3) is 0 Å². The molecule has 0 spiro atoms. The van der Waals surface area contributed by atoms with Gasteiger partial charge in [-0.05, 0) is 12.1 Å². The number of hydrogen-bond acceptors (Lipinski definition) is 4. The predicted molar refractivity (Wildman–Crippen MR) is 80.6 cm³/mol. The number of ether oxygens (including phenoxy) is 1. The molecule has 1 aromatic heterocycles. The minimum absolute atomic E-state index is 0.435. The molecule has 0 amide bonds. The summed E-state index contributed by atoms with van der Waals surface area (Å²) in [6, 6.07) is 11.5. The van der Waals surface area contributed by atoms with Crippen molar-refractivity contribution in [3.05, 3.63) is 53.8 Å². The fourth-order valence-electron chi connectivity index (χ4n) is 1.95. The molecule has 3 rings (SSSR count). The second kappa shape index (κ2) is 5.35. The van der Waals surface area contributed by atoms with Crippen molar-refractivity contribution in [2.75, 3.05) is 12.4 Å². The summed E-state index contributed by atoms with van der Waals surface area (Å²) >= 11 is 6.19. The van der Waals surface area contributed by atoms with E-state index in [2.05, 4.69) is 15.3 Å². The predicted octanol–water partition coefficient (Wildman–Crippen LogP) is 4.12. The quantitative estimate of drug-likeness (QED) is 0.786. The Balaban J connectivity index is 2.04. The molecule has 3 aromatic rings. The van der Waals surface area contributed by atoms with Crippen LogP contribution in [-0.2, 0) is 0 Å². The van der Waals surface area contributed by atoms with Gasteiger partial charge in [0.05, 0.1) is 12.4 Å². The van der Waals surface area contributed by atoms with Crippen molar-refractivity contribution in [1.82, 2.24) is 9.97 Å². The Morgan fingerprint density at radius 3 is 2.65 bits per heavy atom. The molecular formula is C15H12ClN3O. The van der Waals surface area contributed by atoms with Crippen molar-refractivity contribution in [1.29, 1.82) is 0 Å². The van der Waals surface area contributed by atoms with Gasteiger partial charge in [-0.2, -0.15) is 4.98 Å². The van der Waals surface area contributed by atoms with Crippen LogP contribution in [0.1, 0.15) is 0 Å². The van der Waals surface area contributed by atoms with Gasteiger partial charge in [0.15, 0.2) is 0 Å². The van der Waals surface area contributed by atoms with Gasteiger partial charge in [-0.3, -0.25) is 4.98 Å². The third-order valence-corrected chi connectivity index (χ3v) is 3.24. The van der Waals surface area contributed by atoms with Crippen LogP contribution >= 0.6 is 11.6 Å². The van der Waals surface area contributed by atoms with E-state index in [0.717, 1.165) is 10.8 Å². The first-order chi connectivity index (χ1) is 9.78. The first kappa shape index (κ1) is 12.7. The van der Waals surface area contributed by atoms with Crippen LogP contribution in [0.15, 0.2) is 48.8 Å². The minimum atomic E-state index is 0.435. The molecule has 0 atom stereocenters. The molecule has 0 radical (unpaired) electrons. The van der Waals surface area contributed by atoms with Crippen molar-refractivity contribution in [3.63, 3.8) is 0 Å². The zero-order valence-electron chi connectivity index (χ0n) is 10.8. The molecule has 0 aliphatic heterocycles. The smallest absolute Gasteiger partial charge is 0.239 e. The topological polar surface area (TPSA) is 47.0 Å². The second-order valence-electron chi connectivity index (χ2n) is 4.19. The summed E-state index contributed by atoms with van der Waals surface area (Å²) in [4.78, 5) is 8.36. The number of fused-ring (bicyclic) bond motifs is 1. The molecule has 0 aliphatic rings. The number of halogens is 1. The highest BCUT2D eigenvalue weighted by Gasteiger charge is 2.07. The van der Waals surface area contributed by atoms with E-state index in [1.807, 2.05) is 36.4 Å². The average molecular weight is 286 g/mol.